The molecule has 6 heteroatoms. The highest BCUT2D eigenvalue weighted by molar-refractivity contribution is 6.08. The van der Waals surface area contributed by atoms with Crippen LogP contribution in [0.2, 0.25) is 0 Å². The molecule has 2 aromatic rings. The molecule has 0 fully saturated rings. The largest absolute Gasteiger partial charge is 0.288 e. The van der Waals surface area contributed by atoms with Crippen molar-refractivity contribution in [2.75, 3.05) is 0 Å². The zero-order valence-corrected chi connectivity index (χ0v) is 8.75. The molecule has 0 aliphatic rings. The second-order valence-electron chi connectivity index (χ2n) is 3.45. The Bertz CT molecular complexity index is 592. The van der Waals surface area contributed by atoms with Crippen molar-refractivity contribution in [2.45, 2.75) is 0 Å². The van der Waals surface area contributed by atoms with Gasteiger partial charge in [0.1, 0.15) is 0 Å². The molecule has 0 radical (unpaired) electrons. The monoisotopic (exact) mass is 240 g/mol. The summed E-state index contributed by atoms with van der Waals surface area (Å²) >= 11 is 0. The highest BCUT2D eigenvalue weighted by Gasteiger charge is 2.20. The molecule has 1 heterocycles. The maximum absolute atomic E-state index is 13.3. The third-order valence-electron chi connectivity index (χ3n) is 2.25. The van der Waals surface area contributed by atoms with Crippen molar-refractivity contribution in [3.63, 3.8) is 0 Å². The molecule has 1 aromatic heterocycles. The number of hydrogen-bond acceptors (Lipinski definition) is 2. The van der Waals surface area contributed by atoms with Gasteiger partial charge in [0.25, 0.3) is 0 Å². The van der Waals surface area contributed by atoms with Crippen LogP contribution in [0.25, 0.3) is 0 Å². The van der Waals surface area contributed by atoms with Gasteiger partial charge in [-0.1, -0.05) is 0 Å². The molecule has 0 aliphatic heterocycles. The zero-order valence-electron chi connectivity index (χ0n) is 8.75. The fourth-order valence-electron chi connectivity index (χ4n) is 1.40. The number of nitrogens with zero attached hydrogens (tertiary/aromatic N) is 2. The lowest BCUT2D eigenvalue weighted by molar-refractivity contribution is 0.103. The van der Waals surface area contributed by atoms with Crippen molar-refractivity contribution in [2.24, 2.45) is 7.05 Å². The Morgan fingerprint density at radius 1 is 1.24 bits per heavy atom. The number of rotatable bonds is 2. The SMILES string of the molecule is Cn1cc(C(=O)c2ccc(F)c(F)c2F)cn1. The molecule has 0 saturated heterocycles. The minimum absolute atomic E-state index is 0.109. The van der Waals surface area contributed by atoms with Gasteiger partial charge in [0, 0.05) is 13.2 Å². The van der Waals surface area contributed by atoms with Gasteiger partial charge in [-0.15, -0.1) is 0 Å². The summed E-state index contributed by atoms with van der Waals surface area (Å²) in [6.45, 7) is 0. The predicted octanol–water partition coefficient (Wildman–Crippen LogP) is 2.07. The van der Waals surface area contributed by atoms with Gasteiger partial charge in [-0.05, 0) is 12.1 Å². The Morgan fingerprint density at radius 2 is 1.94 bits per heavy atom. The number of hydrogen-bond donors (Lipinski definition) is 0. The van der Waals surface area contributed by atoms with Crippen LogP contribution in [-0.2, 0) is 7.05 Å². The maximum atomic E-state index is 13.3. The minimum atomic E-state index is -1.65. The Balaban J connectivity index is 2.48. The second-order valence-corrected chi connectivity index (χ2v) is 3.45. The molecular weight excluding hydrogens is 233 g/mol. The quantitative estimate of drug-likeness (QED) is 0.595. The summed E-state index contributed by atoms with van der Waals surface area (Å²) in [5.74, 6) is -5.21. The van der Waals surface area contributed by atoms with Crippen LogP contribution in [0.3, 0.4) is 0 Å². The van der Waals surface area contributed by atoms with E-state index in [1.807, 2.05) is 0 Å². The van der Waals surface area contributed by atoms with Crippen LogP contribution in [0.4, 0.5) is 13.2 Å². The van der Waals surface area contributed by atoms with Gasteiger partial charge >= 0.3 is 0 Å². The lowest BCUT2D eigenvalue weighted by Gasteiger charge is -2.01. The average Bonchev–Trinajstić information content (AvgIpc) is 2.72. The van der Waals surface area contributed by atoms with E-state index >= 15 is 0 Å². The molecule has 0 aliphatic carbocycles. The molecule has 0 atom stereocenters. The summed E-state index contributed by atoms with van der Waals surface area (Å²) < 4.78 is 40.3. The van der Waals surface area contributed by atoms with Crippen LogP contribution in [0.5, 0.6) is 0 Å². The summed E-state index contributed by atoms with van der Waals surface area (Å²) in [5.41, 5.74) is -0.408. The van der Waals surface area contributed by atoms with Gasteiger partial charge in [-0.3, -0.25) is 9.48 Å². The predicted molar refractivity (Wildman–Crippen MR) is 53.0 cm³/mol. The van der Waals surface area contributed by atoms with E-state index in [2.05, 4.69) is 5.10 Å². The molecule has 0 amide bonds. The van der Waals surface area contributed by atoms with Crippen LogP contribution >= 0.6 is 0 Å². The number of halogens is 3. The lowest BCUT2D eigenvalue weighted by atomic mass is 10.1. The third-order valence-corrected chi connectivity index (χ3v) is 2.25. The van der Waals surface area contributed by atoms with Crippen molar-refractivity contribution in [3.8, 4) is 0 Å². The van der Waals surface area contributed by atoms with Gasteiger partial charge in [0.15, 0.2) is 23.2 Å². The number of aryl methyl sites for hydroxylation is 1. The van der Waals surface area contributed by atoms with Crippen molar-refractivity contribution in [3.05, 3.63) is 53.1 Å². The average molecular weight is 240 g/mol. The van der Waals surface area contributed by atoms with E-state index in [1.165, 1.54) is 17.1 Å². The number of carbonyl (C=O) groups is 1. The Labute approximate surface area is 94.5 Å². The van der Waals surface area contributed by atoms with Gasteiger partial charge in [0.05, 0.1) is 17.3 Å². The normalized spacial score (nSPS) is 10.6. The fourth-order valence-corrected chi connectivity index (χ4v) is 1.40. The number of carbonyl (C=O) groups excluding carboxylic acids is 1. The highest BCUT2D eigenvalue weighted by atomic mass is 19.2. The van der Waals surface area contributed by atoms with Crippen molar-refractivity contribution in [1.82, 2.24) is 9.78 Å². The molecule has 2 rings (SSSR count). The molecule has 0 spiro atoms. The first-order chi connectivity index (χ1) is 8.00. The zero-order chi connectivity index (χ0) is 12.6. The van der Waals surface area contributed by atoms with Gasteiger partial charge in [-0.2, -0.15) is 5.10 Å². The molecule has 88 valence electrons. The van der Waals surface area contributed by atoms with E-state index < -0.39 is 28.8 Å². The smallest absolute Gasteiger partial charge is 0.199 e. The second kappa shape index (κ2) is 4.04. The van der Waals surface area contributed by atoms with Gasteiger partial charge in [0.2, 0.25) is 0 Å². The molecule has 0 unspecified atom stereocenters. The summed E-state index contributed by atoms with van der Waals surface area (Å²) in [7, 11) is 1.58. The summed E-state index contributed by atoms with van der Waals surface area (Å²) in [6.07, 6.45) is 2.59. The minimum Gasteiger partial charge on any atom is -0.288 e. The lowest BCUT2D eigenvalue weighted by Crippen LogP contribution is -2.06. The fraction of sp³-hybridized carbons (Fsp3) is 0.0909. The first kappa shape index (κ1) is 11.4. The molecule has 17 heavy (non-hydrogen) atoms. The first-order valence-electron chi connectivity index (χ1n) is 4.67. The van der Waals surface area contributed by atoms with E-state index in [1.54, 1.807) is 7.05 Å². The number of benzene rings is 1. The molecule has 1 aromatic carbocycles. The number of aromatic nitrogens is 2. The highest BCUT2D eigenvalue weighted by Crippen LogP contribution is 2.18. The van der Waals surface area contributed by atoms with Crippen LogP contribution in [0.1, 0.15) is 15.9 Å². The topological polar surface area (TPSA) is 34.9 Å². The Morgan fingerprint density at radius 3 is 2.53 bits per heavy atom. The van der Waals surface area contributed by atoms with Crippen molar-refractivity contribution in [1.29, 1.82) is 0 Å². The first-order valence-corrected chi connectivity index (χ1v) is 4.67. The molecule has 3 nitrogen and oxygen atoms in total. The Hall–Kier alpha value is -2.11. The van der Waals surface area contributed by atoms with E-state index in [9.17, 15) is 18.0 Å². The van der Waals surface area contributed by atoms with Crippen LogP contribution < -0.4 is 0 Å². The van der Waals surface area contributed by atoms with E-state index in [-0.39, 0.29) is 5.56 Å². The maximum Gasteiger partial charge on any atom is 0.199 e. The van der Waals surface area contributed by atoms with Gasteiger partial charge < -0.3 is 0 Å². The standard InChI is InChI=1S/C11H7F3N2O/c1-16-5-6(4-15-16)11(17)7-2-3-8(12)10(14)9(7)13/h2-5H,1H3. The van der Waals surface area contributed by atoms with Crippen LogP contribution in [0.15, 0.2) is 24.5 Å². The van der Waals surface area contributed by atoms with E-state index in [4.69, 9.17) is 0 Å². The van der Waals surface area contributed by atoms with Crippen molar-refractivity contribution >= 4 is 5.78 Å². The molecular formula is C11H7F3N2O. The molecule has 0 N–H and O–H groups in total. The summed E-state index contributed by atoms with van der Waals surface area (Å²) in [4.78, 5) is 11.8. The number of ketones is 1. The molecule has 0 bridgehead atoms. The van der Waals surface area contributed by atoms with Crippen LogP contribution in [-0.4, -0.2) is 15.6 Å². The van der Waals surface area contributed by atoms with Crippen molar-refractivity contribution < 1.29 is 18.0 Å². The Kier molecular flexibility index (Phi) is 2.71. The van der Waals surface area contributed by atoms with Gasteiger partial charge in [-0.25, -0.2) is 13.2 Å². The molecule has 0 saturated carbocycles. The van der Waals surface area contributed by atoms with E-state index in [0.29, 0.717) is 6.07 Å². The van der Waals surface area contributed by atoms with E-state index in [0.717, 1.165) is 6.07 Å². The van der Waals surface area contributed by atoms with Crippen LogP contribution in [0, 0.1) is 17.5 Å². The summed E-state index contributed by atoms with van der Waals surface area (Å²) in [5, 5.41) is 3.74. The third kappa shape index (κ3) is 1.93. The summed E-state index contributed by atoms with van der Waals surface area (Å²) in [6, 6.07) is 1.62.